The summed E-state index contributed by atoms with van der Waals surface area (Å²) in [6.45, 7) is 4.75. The number of fused-ring (bicyclic) bond motifs is 1. The van der Waals surface area contributed by atoms with Crippen molar-refractivity contribution in [1.82, 2.24) is 25.0 Å². The minimum atomic E-state index is -4.69. The predicted molar refractivity (Wildman–Crippen MR) is 101 cm³/mol. The van der Waals surface area contributed by atoms with E-state index in [2.05, 4.69) is 29.7 Å². The summed E-state index contributed by atoms with van der Waals surface area (Å²) in [4.78, 5) is 14.3. The minimum absolute atomic E-state index is 0.0769. The van der Waals surface area contributed by atoms with Crippen LogP contribution in [0.1, 0.15) is 43.0 Å². The first kappa shape index (κ1) is 20.6. The molecule has 0 spiro atoms. The van der Waals surface area contributed by atoms with Crippen LogP contribution in [0.4, 0.5) is 13.2 Å². The van der Waals surface area contributed by atoms with Crippen molar-refractivity contribution in [3.05, 3.63) is 41.5 Å². The Labute approximate surface area is 172 Å². The molecule has 7 nitrogen and oxygen atoms in total. The van der Waals surface area contributed by atoms with Gasteiger partial charge in [-0.1, -0.05) is 12.1 Å². The maximum Gasteiger partial charge on any atom is 0.573 e. The molecule has 0 unspecified atom stereocenters. The molecule has 1 aromatic heterocycles. The average molecular weight is 423 g/mol. The number of ether oxygens (including phenoxy) is 1. The second-order valence-electron chi connectivity index (χ2n) is 7.85. The maximum absolute atomic E-state index is 12.3. The van der Waals surface area contributed by atoms with Crippen molar-refractivity contribution in [3.8, 4) is 5.75 Å². The van der Waals surface area contributed by atoms with Crippen LogP contribution in [0, 0.1) is 5.92 Å². The Hall–Kier alpha value is -2.62. The standard InChI is InChI=1S/C20H24F3N5O2/c1-13(24-19(29)15-4-5-15)18-26-25-17-8-9-27(10-11-28(17)18)12-14-2-6-16(7-3-14)30-20(21,22)23/h2-3,6-7,13,15H,4-5,8-12H2,1H3,(H,24,29)/t13-/m0/s1. The van der Waals surface area contributed by atoms with Gasteiger partial charge < -0.3 is 14.6 Å². The molecule has 0 bridgehead atoms. The highest BCUT2D eigenvalue weighted by molar-refractivity contribution is 5.81. The highest BCUT2D eigenvalue weighted by Gasteiger charge is 2.32. The Balaban J connectivity index is 1.35. The highest BCUT2D eigenvalue weighted by Crippen LogP contribution is 2.30. The van der Waals surface area contributed by atoms with Gasteiger partial charge in [0.05, 0.1) is 6.04 Å². The van der Waals surface area contributed by atoms with Gasteiger partial charge in [-0.3, -0.25) is 9.69 Å². The van der Waals surface area contributed by atoms with Gasteiger partial charge in [0.15, 0.2) is 5.82 Å². The number of nitrogens with zero attached hydrogens (tertiary/aromatic N) is 4. The molecule has 10 heteroatoms. The molecule has 0 saturated heterocycles. The lowest BCUT2D eigenvalue weighted by Crippen LogP contribution is -2.31. The van der Waals surface area contributed by atoms with E-state index in [9.17, 15) is 18.0 Å². The first-order valence-corrected chi connectivity index (χ1v) is 10.1. The molecule has 0 radical (unpaired) electrons. The van der Waals surface area contributed by atoms with E-state index in [1.165, 1.54) is 12.1 Å². The summed E-state index contributed by atoms with van der Waals surface area (Å²) in [5, 5.41) is 11.6. The van der Waals surface area contributed by atoms with Crippen LogP contribution in [0.5, 0.6) is 5.75 Å². The highest BCUT2D eigenvalue weighted by atomic mass is 19.4. The van der Waals surface area contributed by atoms with Gasteiger partial charge in [-0.05, 0) is 37.5 Å². The van der Waals surface area contributed by atoms with Gasteiger partial charge in [-0.25, -0.2) is 0 Å². The lowest BCUT2D eigenvalue weighted by molar-refractivity contribution is -0.274. The fourth-order valence-electron chi connectivity index (χ4n) is 3.66. The number of hydrogen-bond acceptors (Lipinski definition) is 5. The molecule has 4 rings (SSSR count). The molecule has 2 heterocycles. The Bertz CT molecular complexity index is 893. The third-order valence-corrected chi connectivity index (χ3v) is 5.40. The van der Waals surface area contributed by atoms with E-state index in [1.54, 1.807) is 12.1 Å². The molecule has 1 aromatic carbocycles. The van der Waals surface area contributed by atoms with E-state index in [0.29, 0.717) is 19.5 Å². The van der Waals surface area contributed by atoms with Crippen molar-refractivity contribution in [2.24, 2.45) is 5.92 Å². The van der Waals surface area contributed by atoms with E-state index in [-0.39, 0.29) is 23.6 Å². The fourth-order valence-corrected chi connectivity index (χ4v) is 3.66. The van der Waals surface area contributed by atoms with Crippen molar-refractivity contribution < 1.29 is 22.7 Å². The number of halogens is 3. The zero-order chi connectivity index (χ0) is 21.3. The Morgan fingerprint density at radius 2 is 1.93 bits per heavy atom. The number of carbonyl (C=O) groups excluding carboxylic acids is 1. The van der Waals surface area contributed by atoms with Gasteiger partial charge in [0, 0.05) is 38.5 Å². The topological polar surface area (TPSA) is 72.3 Å². The maximum atomic E-state index is 12.3. The van der Waals surface area contributed by atoms with Gasteiger partial charge in [-0.2, -0.15) is 0 Å². The molecular formula is C20H24F3N5O2. The average Bonchev–Trinajstić information content (AvgIpc) is 3.47. The molecule has 1 fully saturated rings. The quantitative estimate of drug-likeness (QED) is 0.774. The zero-order valence-electron chi connectivity index (χ0n) is 16.7. The molecular weight excluding hydrogens is 399 g/mol. The van der Waals surface area contributed by atoms with Crippen LogP contribution in [0.15, 0.2) is 24.3 Å². The summed E-state index contributed by atoms with van der Waals surface area (Å²) >= 11 is 0. The van der Waals surface area contributed by atoms with E-state index >= 15 is 0 Å². The van der Waals surface area contributed by atoms with Crippen molar-refractivity contribution in [2.75, 3.05) is 13.1 Å². The number of rotatable bonds is 6. The molecule has 2 aliphatic rings. The normalized spacial score (nSPS) is 18.4. The Morgan fingerprint density at radius 1 is 1.20 bits per heavy atom. The summed E-state index contributed by atoms with van der Waals surface area (Å²) in [5.41, 5.74) is 0.910. The SMILES string of the molecule is C[C@H](NC(=O)C1CC1)c1nnc2n1CCN(Cc1ccc(OC(F)(F)F)cc1)CC2. The second-order valence-corrected chi connectivity index (χ2v) is 7.85. The van der Waals surface area contributed by atoms with E-state index in [1.807, 2.05) is 6.92 Å². The molecule has 162 valence electrons. The molecule has 1 saturated carbocycles. The summed E-state index contributed by atoms with van der Waals surface area (Å²) in [5.74, 6) is 1.64. The summed E-state index contributed by atoms with van der Waals surface area (Å²) in [7, 11) is 0. The van der Waals surface area contributed by atoms with Crippen LogP contribution < -0.4 is 10.1 Å². The number of amides is 1. The summed E-state index contributed by atoms with van der Waals surface area (Å²) in [6.07, 6.45) is -2.07. The van der Waals surface area contributed by atoms with Crippen LogP contribution in [-0.4, -0.2) is 45.0 Å². The number of alkyl halides is 3. The van der Waals surface area contributed by atoms with Gasteiger partial charge in [-0.15, -0.1) is 23.4 Å². The van der Waals surface area contributed by atoms with Crippen molar-refractivity contribution in [3.63, 3.8) is 0 Å². The molecule has 1 aliphatic heterocycles. The molecule has 1 atom stereocenters. The molecule has 2 aromatic rings. The van der Waals surface area contributed by atoms with Crippen molar-refractivity contribution in [2.45, 2.75) is 51.7 Å². The largest absolute Gasteiger partial charge is 0.573 e. The molecule has 1 amide bonds. The van der Waals surface area contributed by atoms with Gasteiger partial charge in [0.25, 0.3) is 0 Å². The monoisotopic (exact) mass is 423 g/mol. The summed E-state index contributed by atoms with van der Waals surface area (Å²) < 4.78 is 42.9. The molecule has 30 heavy (non-hydrogen) atoms. The predicted octanol–water partition coefficient (Wildman–Crippen LogP) is 2.82. The third-order valence-electron chi connectivity index (χ3n) is 5.40. The van der Waals surface area contributed by atoms with Gasteiger partial charge in [0.1, 0.15) is 11.6 Å². The van der Waals surface area contributed by atoms with Crippen LogP contribution in [-0.2, 0) is 24.3 Å². The van der Waals surface area contributed by atoms with Crippen LogP contribution in [0.3, 0.4) is 0 Å². The Kier molecular flexibility index (Phi) is 5.68. The smallest absolute Gasteiger partial charge is 0.406 e. The van der Waals surface area contributed by atoms with Crippen LogP contribution in [0.25, 0.3) is 0 Å². The number of benzene rings is 1. The zero-order valence-corrected chi connectivity index (χ0v) is 16.7. The van der Waals surface area contributed by atoms with Crippen LogP contribution >= 0.6 is 0 Å². The van der Waals surface area contributed by atoms with Crippen LogP contribution in [0.2, 0.25) is 0 Å². The van der Waals surface area contributed by atoms with Crippen molar-refractivity contribution >= 4 is 5.91 Å². The minimum Gasteiger partial charge on any atom is -0.406 e. The van der Waals surface area contributed by atoms with Gasteiger partial charge in [0.2, 0.25) is 5.91 Å². The first-order valence-electron chi connectivity index (χ1n) is 10.1. The number of hydrogen-bond donors (Lipinski definition) is 1. The second kappa shape index (κ2) is 8.25. The lowest BCUT2D eigenvalue weighted by Gasteiger charge is -2.20. The Morgan fingerprint density at radius 3 is 2.60 bits per heavy atom. The van der Waals surface area contributed by atoms with E-state index in [4.69, 9.17) is 0 Å². The molecule has 1 N–H and O–H groups in total. The first-order chi connectivity index (χ1) is 14.3. The van der Waals surface area contributed by atoms with Gasteiger partial charge >= 0.3 is 6.36 Å². The summed E-state index contributed by atoms with van der Waals surface area (Å²) in [6, 6.07) is 5.75. The fraction of sp³-hybridized carbons (Fsp3) is 0.550. The number of carbonyl (C=O) groups is 1. The van der Waals surface area contributed by atoms with Crippen molar-refractivity contribution in [1.29, 1.82) is 0 Å². The third kappa shape index (κ3) is 5.10. The lowest BCUT2D eigenvalue weighted by atomic mass is 10.2. The van der Waals surface area contributed by atoms with E-state index in [0.717, 1.165) is 43.1 Å². The van der Waals surface area contributed by atoms with E-state index < -0.39 is 6.36 Å². The molecule has 1 aliphatic carbocycles. The number of aromatic nitrogens is 3. The number of nitrogens with one attached hydrogen (secondary N) is 1.